The lowest BCUT2D eigenvalue weighted by atomic mass is 10.1. The third kappa shape index (κ3) is 2.94. The molecule has 1 aromatic carbocycles. The van der Waals surface area contributed by atoms with Gasteiger partial charge in [-0.15, -0.1) is 11.3 Å². The zero-order valence-corrected chi connectivity index (χ0v) is 12.0. The third-order valence-corrected chi connectivity index (χ3v) is 3.74. The summed E-state index contributed by atoms with van der Waals surface area (Å²) in [6.07, 6.45) is 0. The van der Waals surface area contributed by atoms with E-state index in [2.05, 4.69) is 21.2 Å². The molecule has 0 saturated heterocycles. The first-order valence-electron chi connectivity index (χ1n) is 5.22. The summed E-state index contributed by atoms with van der Waals surface area (Å²) in [5.41, 5.74) is 12.0. The second kappa shape index (κ2) is 5.41. The molecule has 0 fully saturated rings. The van der Waals surface area contributed by atoms with Gasteiger partial charge in [0.15, 0.2) is 0 Å². The summed E-state index contributed by atoms with van der Waals surface area (Å²) in [5, 5.41) is 4.73. The number of nitrogens with two attached hydrogens (primary N) is 2. The van der Waals surface area contributed by atoms with Gasteiger partial charge < -0.3 is 16.8 Å². The topological polar surface area (TPSA) is 98.2 Å². The summed E-state index contributed by atoms with van der Waals surface area (Å²) < 4.78 is 0.787. The van der Waals surface area contributed by atoms with Crippen molar-refractivity contribution in [3.05, 3.63) is 45.2 Å². The molecule has 0 aliphatic carbocycles. The maximum absolute atomic E-state index is 12.1. The third-order valence-electron chi connectivity index (χ3n) is 2.42. The summed E-state index contributed by atoms with van der Waals surface area (Å²) in [6, 6.07) is 6.52. The first-order chi connectivity index (χ1) is 8.99. The Kier molecular flexibility index (Phi) is 3.87. The van der Waals surface area contributed by atoms with Gasteiger partial charge >= 0.3 is 0 Å². The molecule has 5 nitrogen and oxygen atoms in total. The zero-order valence-electron chi connectivity index (χ0n) is 9.64. The molecule has 0 saturated carbocycles. The van der Waals surface area contributed by atoms with Crippen molar-refractivity contribution in [1.29, 1.82) is 0 Å². The molecule has 5 N–H and O–H groups in total. The molecule has 2 rings (SSSR count). The molecule has 0 radical (unpaired) electrons. The van der Waals surface area contributed by atoms with Crippen LogP contribution in [0.4, 0.5) is 10.7 Å². The second-order valence-electron chi connectivity index (χ2n) is 3.71. The SMILES string of the molecule is NC(=O)c1ccsc1NC(=O)c1ccc(Br)cc1N. The number of carbonyl (C=O) groups excluding carboxylic acids is 2. The smallest absolute Gasteiger partial charge is 0.258 e. The van der Waals surface area contributed by atoms with Crippen LogP contribution in [0.3, 0.4) is 0 Å². The summed E-state index contributed by atoms with van der Waals surface area (Å²) >= 11 is 4.49. The van der Waals surface area contributed by atoms with E-state index in [-0.39, 0.29) is 11.5 Å². The number of benzene rings is 1. The number of hydrogen-bond acceptors (Lipinski definition) is 4. The van der Waals surface area contributed by atoms with Gasteiger partial charge in [0.25, 0.3) is 11.8 Å². The van der Waals surface area contributed by atoms with Gasteiger partial charge in [-0.05, 0) is 29.6 Å². The summed E-state index contributed by atoms with van der Waals surface area (Å²) in [5.74, 6) is -0.963. The molecular weight excluding hydrogens is 330 g/mol. The second-order valence-corrected chi connectivity index (χ2v) is 5.55. The average molecular weight is 340 g/mol. The van der Waals surface area contributed by atoms with Crippen LogP contribution in [-0.2, 0) is 0 Å². The lowest BCUT2D eigenvalue weighted by Gasteiger charge is -2.07. The van der Waals surface area contributed by atoms with Gasteiger partial charge in [-0.3, -0.25) is 9.59 Å². The molecule has 0 aliphatic heterocycles. The van der Waals surface area contributed by atoms with E-state index in [0.29, 0.717) is 16.3 Å². The van der Waals surface area contributed by atoms with E-state index in [1.807, 2.05) is 0 Å². The Hall–Kier alpha value is -1.86. The van der Waals surface area contributed by atoms with Crippen LogP contribution in [0.25, 0.3) is 0 Å². The maximum Gasteiger partial charge on any atom is 0.258 e. The minimum absolute atomic E-state index is 0.286. The number of nitrogens with one attached hydrogen (secondary N) is 1. The molecule has 2 aromatic rings. The van der Waals surface area contributed by atoms with Crippen LogP contribution in [-0.4, -0.2) is 11.8 Å². The molecule has 0 spiro atoms. The fourth-order valence-electron chi connectivity index (χ4n) is 1.51. The quantitative estimate of drug-likeness (QED) is 0.749. The molecule has 98 valence electrons. The molecule has 1 aromatic heterocycles. The van der Waals surface area contributed by atoms with Crippen molar-refractivity contribution in [2.75, 3.05) is 11.1 Å². The molecule has 7 heteroatoms. The molecule has 0 atom stereocenters. The van der Waals surface area contributed by atoms with Crippen LogP contribution in [0.2, 0.25) is 0 Å². The number of thiophene rings is 1. The summed E-state index contributed by atoms with van der Waals surface area (Å²) in [4.78, 5) is 23.2. The van der Waals surface area contributed by atoms with E-state index in [1.54, 1.807) is 29.6 Å². The Morgan fingerprint density at radius 3 is 2.58 bits per heavy atom. The van der Waals surface area contributed by atoms with Gasteiger partial charge in [-0.25, -0.2) is 0 Å². The Bertz CT molecular complexity index is 654. The van der Waals surface area contributed by atoms with Crippen molar-refractivity contribution in [3.63, 3.8) is 0 Å². The lowest BCUT2D eigenvalue weighted by molar-refractivity contribution is 0.100. The lowest BCUT2D eigenvalue weighted by Crippen LogP contribution is -2.17. The van der Waals surface area contributed by atoms with Gasteiger partial charge in [-0.1, -0.05) is 15.9 Å². The number of anilines is 2. The van der Waals surface area contributed by atoms with Crippen LogP contribution in [0.5, 0.6) is 0 Å². The number of carbonyl (C=O) groups is 2. The monoisotopic (exact) mass is 339 g/mol. The fourth-order valence-corrected chi connectivity index (χ4v) is 2.68. The Morgan fingerprint density at radius 1 is 1.21 bits per heavy atom. The number of primary amides is 1. The van der Waals surface area contributed by atoms with Crippen molar-refractivity contribution in [1.82, 2.24) is 0 Å². The van der Waals surface area contributed by atoms with E-state index in [1.165, 1.54) is 11.3 Å². The Labute approximate surface area is 121 Å². The highest BCUT2D eigenvalue weighted by molar-refractivity contribution is 9.10. The fraction of sp³-hybridized carbons (Fsp3) is 0. The van der Waals surface area contributed by atoms with Gasteiger partial charge in [0.2, 0.25) is 0 Å². The van der Waals surface area contributed by atoms with Crippen molar-refractivity contribution < 1.29 is 9.59 Å². The molecule has 2 amide bonds. The van der Waals surface area contributed by atoms with Gasteiger partial charge in [0.05, 0.1) is 11.1 Å². The van der Waals surface area contributed by atoms with Crippen molar-refractivity contribution in [3.8, 4) is 0 Å². The first-order valence-corrected chi connectivity index (χ1v) is 6.90. The summed E-state index contributed by atoms with van der Waals surface area (Å²) in [6.45, 7) is 0. The minimum atomic E-state index is -0.583. The highest BCUT2D eigenvalue weighted by atomic mass is 79.9. The first kappa shape index (κ1) is 13.6. The average Bonchev–Trinajstić information content (AvgIpc) is 2.76. The largest absolute Gasteiger partial charge is 0.398 e. The summed E-state index contributed by atoms with van der Waals surface area (Å²) in [7, 11) is 0. The Morgan fingerprint density at radius 2 is 1.95 bits per heavy atom. The van der Waals surface area contributed by atoms with E-state index >= 15 is 0 Å². The minimum Gasteiger partial charge on any atom is -0.398 e. The van der Waals surface area contributed by atoms with Crippen molar-refractivity contribution in [2.24, 2.45) is 5.73 Å². The van der Waals surface area contributed by atoms with Crippen LogP contribution in [0.1, 0.15) is 20.7 Å². The molecule has 19 heavy (non-hydrogen) atoms. The number of rotatable bonds is 3. The predicted molar refractivity (Wildman–Crippen MR) is 79.3 cm³/mol. The zero-order chi connectivity index (χ0) is 14.0. The number of amides is 2. The molecule has 0 bridgehead atoms. The van der Waals surface area contributed by atoms with Gasteiger partial charge in [0.1, 0.15) is 5.00 Å². The number of nitrogen functional groups attached to an aromatic ring is 1. The maximum atomic E-state index is 12.1. The van der Waals surface area contributed by atoms with Crippen LogP contribution >= 0.6 is 27.3 Å². The highest BCUT2D eigenvalue weighted by Gasteiger charge is 2.15. The molecule has 0 aliphatic rings. The molecular formula is C12H10BrN3O2S. The highest BCUT2D eigenvalue weighted by Crippen LogP contribution is 2.25. The van der Waals surface area contributed by atoms with E-state index in [0.717, 1.165) is 4.47 Å². The standard InChI is InChI=1S/C12H10BrN3O2S/c13-6-1-2-7(9(14)5-6)11(18)16-12-8(10(15)17)3-4-19-12/h1-5H,14H2,(H2,15,17)(H,16,18). The Balaban J connectivity index is 2.26. The molecule has 1 heterocycles. The molecule has 0 unspecified atom stereocenters. The van der Waals surface area contributed by atoms with Crippen molar-refractivity contribution in [2.45, 2.75) is 0 Å². The van der Waals surface area contributed by atoms with Gasteiger partial charge in [-0.2, -0.15) is 0 Å². The van der Waals surface area contributed by atoms with E-state index in [9.17, 15) is 9.59 Å². The number of hydrogen-bond donors (Lipinski definition) is 3. The van der Waals surface area contributed by atoms with Crippen LogP contribution in [0, 0.1) is 0 Å². The normalized spacial score (nSPS) is 10.2. The predicted octanol–water partition coefficient (Wildman–Crippen LogP) is 2.44. The van der Waals surface area contributed by atoms with E-state index < -0.39 is 5.91 Å². The van der Waals surface area contributed by atoms with Crippen LogP contribution in [0.15, 0.2) is 34.1 Å². The number of halogens is 1. The van der Waals surface area contributed by atoms with E-state index in [4.69, 9.17) is 11.5 Å². The van der Waals surface area contributed by atoms with Crippen molar-refractivity contribution >= 4 is 49.8 Å². The van der Waals surface area contributed by atoms with Gasteiger partial charge in [0, 0.05) is 10.2 Å². The van der Waals surface area contributed by atoms with Crippen LogP contribution < -0.4 is 16.8 Å².